The molecule has 0 saturated carbocycles. The van der Waals surface area contributed by atoms with Gasteiger partial charge in [-0.2, -0.15) is 10.2 Å². The zero-order valence-electron chi connectivity index (χ0n) is 45.6. The first-order valence-electron chi connectivity index (χ1n) is 25.0. The Morgan fingerprint density at radius 3 is 0.924 bits per heavy atom. The average molecular weight is 1080 g/mol. The molecule has 0 heterocycles. The number of hydrogen-bond donors (Lipinski definition) is 10. The van der Waals surface area contributed by atoms with Crippen molar-refractivity contribution < 1.29 is 38.4 Å². The lowest BCUT2D eigenvalue weighted by molar-refractivity contribution is 0.0927. The molecule has 0 bridgehead atoms. The zero-order valence-corrected chi connectivity index (χ0v) is 45.6. The van der Waals surface area contributed by atoms with Gasteiger partial charge in [0.2, 0.25) is 11.9 Å². The van der Waals surface area contributed by atoms with E-state index in [2.05, 4.69) is 53.9 Å². The third-order valence-electron chi connectivity index (χ3n) is 10.6. The molecule has 22 heteroatoms. The molecule has 0 radical (unpaired) electrons. The number of amides is 5. The van der Waals surface area contributed by atoms with Crippen LogP contribution in [-0.4, -0.2) is 109 Å². The summed E-state index contributed by atoms with van der Waals surface area (Å²) in [6, 6.07) is 33.2. The molecule has 0 aliphatic rings. The average Bonchev–Trinajstić information content (AvgIpc) is 3.45. The predicted octanol–water partition coefficient (Wildman–Crippen LogP) is 4.48. The fraction of sp³-hybridized carbons (Fsp3) is 0.263. The molecular weight excluding hydrogens is 1010 g/mol. The minimum atomic E-state index is -0.312. The molecule has 0 aliphatic heterocycles. The largest absolute Gasteiger partial charge is 0.369 e. The van der Waals surface area contributed by atoms with Gasteiger partial charge in [0.05, 0.1) is 11.4 Å². The van der Waals surface area contributed by atoms with Crippen molar-refractivity contribution in [3.8, 4) is 0 Å². The van der Waals surface area contributed by atoms with E-state index in [9.17, 15) is 38.4 Å². The summed E-state index contributed by atoms with van der Waals surface area (Å²) in [5.41, 5.74) is 32.7. The second-order valence-corrected chi connectivity index (χ2v) is 17.1. The number of rotatable bonds is 21. The molecule has 15 N–H and O–H groups in total. The van der Waals surface area contributed by atoms with Gasteiger partial charge in [-0.25, -0.2) is 0 Å². The normalized spacial score (nSPS) is 10.4. The van der Waals surface area contributed by atoms with Crippen LogP contribution in [0.5, 0.6) is 0 Å². The number of nitrogens with one attached hydrogen (secondary N) is 5. The fourth-order valence-electron chi connectivity index (χ4n) is 6.17. The van der Waals surface area contributed by atoms with Crippen LogP contribution in [-0.2, 0) is 0 Å². The monoisotopic (exact) mass is 1080 g/mol. The molecule has 0 saturated heterocycles. The van der Waals surface area contributed by atoms with Crippen LogP contribution in [0.1, 0.15) is 155 Å². The Morgan fingerprint density at radius 2 is 0.608 bits per heavy atom. The highest BCUT2D eigenvalue weighted by molar-refractivity contribution is 6.04. The SMILES string of the molecule is C/C(=N\N=C(N)N)c1ccc(C(=O)NCCNC(=O)c2cccc(/C(C)=N/N=C(N)N)c2)cc1.CC(=O)c1ccc(C(=O)NCCNC(=O)c2cccc(C(C)=O)c2)cc1.CCCN.CCCNC(=O)c1ccc(C(C)=O)cc1. The molecular formula is C57H72N14O8. The van der Waals surface area contributed by atoms with Crippen LogP contribution < -0.4 is 55.3 Å². The molecule has 5 aromatic carbocycles. The van der Waals surface area contributed by atoms with E-state index >= 15 is 0 Å². The van der Waals surface area contributed by atoms with E-state index in [0.29, 0.717) is 68.0 Å². The van der Waals surface area contributed by atoms with Crippen molar-refractivity contribution in [1.29, 1.82) is 0 Å². The summed E-state index contributed by atoms with van der Waals surface area (Å²) in [6.45, 7) is 14.4. The van der Waals surface area contributed by atoms with Gasteiger partial charge in [0.25, 0.3) is 29.5 Å². The Labute approximate surface area is 460 Å². The van der Waals surface area contributed by atoms with Gasteiger partial charge in [-0.3, -0.25) is 38.4 Å². The molecule has 5 rings (SSSR count). The second-order valence-electron chi connectivity index (χ2n) is 17.1. The summed E-state index contributed by atoms with van der Waals surface area (Å²) in [7, 11) is 0. The summed E-state index contributed by atoms with van der Waals surface area (Å²) >= 11 is 0. The van der Waals surface area contributed by atoms with Gasteiger partial charge in [0.15, 0.2) is 17.3 Å². The second kappa shape index (κ2) is 35.5. The maximum Gasteiger partial charge on any atom is 0.251 e. The van der Waals surface area contributed by atoms with E-state index in [-0.39, 0.29) is 85.0 Å². The minimum absolute atomic E-state index is 0.00974. The predicted molar refractivity (Wildman–Crippen MR) is 310 cm³/mol. The van der Waals surface area contributed by atoms with Gasteiger partial charge in [-0.15, -0.1) is 10.2 Å². The maximum atomic E-state index is 12.4. The number of guanidine groups is 2. The van der Waals surface area contributed by atoms with Crippen molar-refractivity contribution >= 4 is 70.2 Å². The zero-order chi connectivity index (χ0) is 58.9. The summed E-state index contributed by atoms with van der Waals surface area (Å²) in [5, 5.41) is 28.7. The number of nitrogens with zero attached hydrogens (tertiary/aromatic N) is 4. The molecule has 0 fully saturated rings. The molecule has 0 atom stereocenters. The van der Waals surface area contributed by atoms with E-state index in [4.69, 9.17) is 28.7 Å². The highest BCUT2D eigenvalue weighted by Crippen LogP contribution is 2.10. The number of benzene rings is 5. The number of Topliss-reactive ketones (excluding diaryl/α,β-unsaturated/α-hetero) is 3. The molecule has 0 aromatic heterocycles. The lowest BCUT2D eigenvalue weighted by Crippen LogP contribution is -2.34. The van der Waals surface area contributed by atoms with Crippen molar-refractivity contribution in [2.24, 2.45) is 49.1 Å². The van der Waals surface area contributed by atoms with Crippen LogP contribution in [0.3, 0.4) is 0 Å². The smallest absolute Gasteiger partial charge is 0.251 e. The summed E-state index contributed by atoms with van der Waals surface area (Å²) in [4.78, 5) is 93.9. The van der Waals surface area contributed by atoms with Crippen LogP contribution in [0, 0.1) is 0 Å². The van der Waals surface area contributed by atoms with E-state index in [1.54, 1.807) is 129 Å². The van der Waals surface area contributed by atoms with Crippen molar-refractivity contribution in [3.63, 3.8) is 0 Å². The number of carbonyl (C=O) groups excluding carboxylic acids is 8. The van der Waals surface area contributed by atoms with Crippen LogP contribution in [0.15, 0.2) is 142 Å². The number of ketones is 3. The molecule has 5 amide bonds. The van der Waals surface area contributed by atoms with Gasteiger partial charge in [0.1, 0.15) is 0 Å². The van der Waals surface area contributed by atoms with Crippen molar-refractivity contribution in [2.45, 2.75) is 61.3 Å². The van der Waals surface area contributed by atoms with Crippen molar-refractivity contribution in [1.82, 2.24) is 26.6 Å². The van der Waals surface area contributed by atoms with Crippen molar-refractivity contribution in [2.75, 3.05) is 39.3 Å². The van der Waals surface area contributed by atoms with Gasteiger partial charge in [-0.05, 0) is 126 Å². The number of nitrogens with two attached hydrogens (primary N) is 5. The van der Waals surface area contributed by atoms with Crippen LogP contribution in [0.25, 0.3) is 0 Å². The molecule has 0 spiro atoms. The minimum Gasteiger partial charge on any atom is -0.369 e. The maximum absolute atomic E-state index is 12.4. The first-order chi connectivity index (χ1) is 37.6. The van der Waals surface area contributed by atoms with E-state index in [1.165, 1.54) is 26.8 Å². The van der Waals surface area contributed by atoms with Gasteiger partial charge >= 0.3 is 0 Å². The third kappa shape index (κ3) is 25.1. The number of hydrogen-bond acceptors (Lipinski definition) is 13. The highest BCUT2D eigenvalue weighted by Gasteiger charge is 2.12. The summed E-state index contributed by atoms with van der Waals surface area (Å²) in [5.74, 6) is -1.70. The lowest BCUT2D eigenvalue weighted by atomic mass is 10.1. The molecule has 5 aromatic rings. The van der Waals surface area contributed by atoms with Crippen LogP contribution >= 0.6 is 0 Å². The Hall–Kier alpha value is -9.70. The first kappa shape index (κ1) is 65.4. The molecule has 0 aliphatic carbocycles. The summed E-state index contributed by atoms with van der Waals surface area (Å²) in [6.07, 6.45) is 2.01. The molecule has 22 nitrogen and oxygen atoms in total. The molecule has 0 unspecified atom stereocenters. The summed E-state index contributed by atoms with van der Waals surface area (Å²) < 4.78 is 0. The highest BCUT2D eigenvalue weighted by atomic mass is 16.2. The van der Waals surface area contributed by atoms with Gasteiger partial charge < -0.3 is 55.3 Å². The third-order valence-corrected chi connectivity index (χ3v) is 10.6. The molecule has 79 heavy (non-hydrogen) atoms. The standard InChI is InChI=1S/C22H28N10O2.C20H20N2O4.C12H15NO2.C3H9N/c1-13(29-31-21(23)24)15-6-8-16(9-7-15)19(33)27-10-11-28-20(34)18-5-3-4-17(12-18)14(2)30-32-22(25)26;1-13(23)15-6-8-16(9-7-15)19(25)21-10-11-22-20(26)18-5-3-4-17(12-18)14(2)24;1-3-8-13-12(15)11-6-4-10(5-7-11)9(2)14;1-2-3-4/h3-9,12H,10-11H2,1-2H3,(H,27,33)(H,28,34)(H4,23,24,31)(H4,25,26,32);3-9,12H,10-11H2,1-2H3,(H,21,25)(H,22,26);4-7H,3,8H2,1-2H3,(H,13,15);2-4H2,1H3/b29-13+,30-14+;;;. The lowest BCUT2D eigenvalue weighted by Gasteiger charge is -2.09. The Morgan fingerprint density at radius 1 is 0.342 bits per heavy atom. The Balaban J connectivity index is 0.000000416. The first-order valence-corrected chi connectivity index (χ1v) is 25.0. The Bertz CT molecular complexity index is 2980. The van der Waals surface area contributed by atoms with E-state index in [0.717, 1.165) is 24.9 Å². The van der Waals surface area contributed by atoms with Crippen molar-refractivity contribution in [3.05, 3.63) is 177 Å². The van der Waals surface area contributed by atoms with Crippen LogP contribution in [0.4, 0.5) is 0 Å². The Kier molecular flexibility index (Phi) is 29.4. The quantitative estimate of drug-likeness (QED) is 0.0160. The number of carbonyl (C=O) groups is 8. The van der Waals surface area contributed by atoms with E-state index < -0.39 is 0 Å². The fourth-order valence-corrected chi connectivity index (χ4v) is 6.17. The molecule has 418 valence electrons. The van der Waals surface area contributed by atoms with Gasteiger partial charge in [0, 0.05) is 77.2 Å². The van der Waals surface area contributed by atoms with Gasteiger partial charge in [-0.1, -0.05) is 74.5 Å². The van der Waals surface area contributed by atoms with Crippen LogP contribution in [0.2, 0.25) is 0 Å². The van der Waals surface area contributed by atoms with E-state index in [1.807, 2.05) is 6.92 Å². The topological polar surface area (TPSA) is 376 Å².